The highest BCUT2D eigenvalue weighted by atomic mass is 16.3. The van der Waals surface area contributed by atoms with E-state index in [9.17, 15) is 9.90 Å². The van der Waals surface area contributed by atoms with E-state index in [4.69, 9.17) is 5.73 Å². The zero-order valence-electron chi connectivity index (χ0n) is 10.6. The van der Waals surface area contributed by atoms with Crippen LogP contribution in [0.25, 0.3) is 0 Å². The third-order valence-corrected chi connectivity index (χ3v) is 3.66. The SMILES string of the molecule is CC1CCC(NC(=O)c2cccc(N)c2O)CC1. The van der Waals surface area contributed by atoms with Crippen molar-refractivity contribution >= 4 is 11.6 Å². The number of nitrogen functional groups attached to an aromatic ring is 1. The van der Waals surface area contributed by atoms with E-state index >= 15 is 0 Å². The molecule has 0 heterocycles. The zero-order valence-corrected chi connectivity index (χ0v) is 10.6. The van der Waals surface area contributed by atoms with Gasteiger partial charge in [-0.15, -0.1) is 0 Å². The van der Waals surface area contributed by atoms with Crippen molar-refractivity contribution in [2.75, 3.05) is 5.73 Å². The molecule has 0 bridgehead atoms. The molecule has 1 aliphatic carbocycles. The molecule has 0 aromatic heterocycles. The number of anilines is 1. The van der Waals surface area contributed by atoms with E-state index in [-0.39, 0.29) is 28.9 Å². The molecule has 1 aromatic carbocycles. The maximum atomic E-state index is 12.0. The lowest BCUT2D eigenvalue weighted by Gasteiger charge is -2.27. The van der Waals surface area contributed by atoms with Crippen LogP contribution in [0.5, 0.6) is 5.75 Å². The molecule has 1 aliphatic rings. The molecule has 1 fully saturated rings. The molecule has 4 heteroatoms. The van der Waals surface area contributed by atoms with Gasteiger partial charge < -0.3 is 16.2 Å². The van der Waals surface area contributed by atoms with E-state index in [1.807, 2.05) is 0 Å². The predicted molar refractivity (Wildman–Crippen MR) is 71.4 cm³/mol. The standard InChI is InChI=1S/C14H20N2O2/c1-9-5-7-10(8-6-9)16-14(18)11-3-2-4-12(15)13(11)17/h2-4,9-10,17H,5-8,15H2,1H3,(H,16,18). The Morgan fingerprint density at radius 1 is 1.33 bits per heavy atom. The van der Waals surface area contributed by atoms with Gasteiger partial charge in [-0.05, 0) is 43.7 Å². The minimum absolute atomic E-state index is 0.126. The number of benzene rings is 1. The highest BCUT2D eigenvalue weighted by molar-refractivity contribution is 5.98. The predicted octanol–water partition coefficient (Wildman–Crippen LogP) is 2.28. The van der Waals surface area contributed by atoms with Crippen molar-refractivity contribution < 1.29 is 9.90 Å². The van der Waals surface area contributed by atoms with Gasteiger partial charge in [0.1, 0.15) is 0 Å². The van der Waals surface area contributed by atoms with Crippen molar-refractivity contribution in [1.29, 1.82) is 0 Å². The summed E-state index contributed by atoms with van der Waals surface area (Å²) < 4.78 is 0. The van der Waals surface area contributed by atoms with Gasteiger partial charge in [0.2, 0.25) is 0 Å². The molecule has 0 atom stereocenters. The number of para-hydroxylation sites is 1. The van der Waals surface area contributed by atoms with E-state index in [1.54, 1.807) is 18.2 Å². The third-order valence-electron chi connectivity index (χ3n) is 3.66. The molecule has 0 spiro atoms. The number of nitrogens with two attached hydrogens (primary N) is 1. The van der Waals surface area contributed by atoms with Crippen molar-refractivity contribution in [3.63, 3.8) is 0 Å². The average molecular weight is 248 g/mol. The molecular weight excluding hydrogens is 228 g/mol. The Morgan fingerprint density at radius 3 is 2.67 bits per heavy atom. The van der Waals surface area contributed by atoms with Crippen LogP contribution < -0.4 is 11.1 Å². The molecule has 0 saturated heterocycles. The molecule has 2 rings (SSSR count). The fourth-order valence-electron chi connectivity index (χ4n) is 2.41. The van der Waals surface area contributed by atoms with E-state index in [0.29, 0.717) is 0 Å². The van der Waals surface area contributed by atoms with Crippen LogP contribution in [0.2, 0.25) is 0 Å². The van der Waals surface area contributed by atoms with Crippen molar-refractivity contribution in [2.45, 2.75) is 38.6 Å². The van der Waals surface area contributed by atoms with Crippen LogP contribution in [0, 0.1) is 5.92 Å². The largest absolute Gasteiger partial charge is 0.505 e. The molecule has 1 saturated carbocycles. The normalized spacial score (nSPS) is 23.6. The Bertz CT molecular complexity index is 437. The number of carbonyl (C=O) groups excluding carboxylic acids is 1. The monoisotopic (exact) mass is 248 g/mol. The Kier molecular flexibility index (Phi) is 3.75. The smallest absolute Gasteiger partial charge is 0.255 e. The lowest BCUT2D eigenvalue weighted by molar-refractivity contribution is 0.0920. The molecule has 1 amide bonds. The molecule has 18 heavy (non-hydrogen) atoms. The first-order valence-corrected chi connectivity index (χ1v) is 6.46. The molecule has 0 radical (unpaired) electrons. The number of rotatable bonds is 2. The topological polar surface area (TPSA) is 75.4 Å². The maximum Gasteiger partial charge on any atom is 0.255 e. The van der Waals surface area contributed by atoms with Crippen LogP contribution >= 0.6 is 0 Å². The number of hydrogen-bond acceptors (Lipinski definition) is 3. The van der Waals surface area contributed by atoms with Crippen LogP contribution in [-0.2, 0) is 0 Å². The summed E-state index contributed by atoms with van der Waals surface area (Å²) in [5.74, 6) is 0.387. The van der Waals surface area contributed by atoms with Gasteiger partial charge in [0, 0.05) is 6.04 Å². The maximum absolute atomic E-state index is 12.0. The summed E-state index contributed by atoms with van der Waals surface area (Å²) >= 11 is 0. The molecule has 0 aliphatic heterocycles. The van der Waals surface area contributed by atoms with E-state index in [0.717, 1.165) is 31.6 Å². The number of carbonyl (C=O) groups is 1. The number of hydrogen-bond donors (Lipinski definition) is 3. The minimum Gasteiger partial charge on any atom is -0.505 e. The molecule has 4 N–H and O–H groups in total. The van der Waals surface area contributed by atoms with Crippen molar-refractivity contribution in [3.8, 4) is 5.75 Å². The highest BCUT2D eigenvalue weighted by Crippen LogP contribution is 2.26. The summed E-state index contributed by atoms with van der Waals surface area (Å²) in [7, 11) is 0. The van der Waals surface area contributed by atoms with E-state index < -0.39 is 0 Å². The summed E-state index contributed by atoms with van der Waals surface area (Å²) in [6.45, 7) is 2.24. The quantitative estimate of drug-likeness (QED) is 0.555. The second-order valence-corrected chi connectivity index (χ2v) is 5.17. The number of aromatic hydroxyl groups is 1. The van der Waals surface area contributed by atoms with Crippen LogP contribution in [0.15, 0.2) is 18.2 Å². The Hall–Kier alpha value is -1.71. The first kappa shape index (κ1) is 12.7. The fourth-order valence-corrected chi connectivity index (χ4v) is 2.41. The molecule has 1 aromatic rings. The number of phenolic OH excluding ortho intramolecular Hbond substituents is 1. The summed E-state index contributed by atoms with van der Waals surface area (Å²) in [4.78, 5) is 12.0. The Labute approximate surface area is 107 Å². The second-order valence-electron chi connectivity index (χ2n) is 5.17. The minimum atomic E-state index is -0.237. The molecule has 0 unspecified atom stereocenters. The Morgan fingerprint density at radius 2 is 2.00 bits per heavy atom. The van der Waals surface area contributed by atoms with Crippen LogP contribution in [0.4, 0.5) is 5.69 Å². The summed E-state index contributed by atoms with van der Waals surface area (Å²) in [5, 5.41) is 12.7. The van der Waals surface area contributed by atoms with Gasteiger partial charge in [-0.3, -0.25) is 4.79 Å². The first-order chi connectivity index (χ1) is 8.58. The third kappa shape index (κ3) is 2.75. The van der Waals surface area contributed by atoms with Gasteiger partial charge in [-0.25, -0.2) is 0 Å². The average Bonchev–Trinajstić information content (AvgIpc) is 2.35. The first-order valence-electron chi connectivity index (χ1n) is 6.46. The lowest BCUT2D eigenvalue weighted by Crippen LogP contribution is -2.37. The fraction of sp³-hybridized carbons (Fsp3) is 0.500. The van der Waals surface area contributed by atoms with E-state index in [2.05, 4.69) is 12.2 Å². The second kappa shape index (κ2) is 5.29. The molecular formula is C14H20N2O2. The summed E-state index contributed by atoms with van der Waals surface area (Å²) in [6.07, 6.45) is 4.31. The number of nitrogens with one attached hydrogen (secondary N) is 1. The zero-order chi connectivity index (χ0) is 13.1. The van der Waals surface area contributed by atoms with Gasteiger partial charge in [-0.2, -0.15) is 0 Å². The van der Waals surface area contributed by atoms with Crippen LogP contribution in [-0.4, -0.2) is 17.1 Å². The van der Waals surface area contributed by atoms with Crippen LogP contribution in [0.1, 0.15) is 43.0 Å². The van der Waals surface area contributed by atoms with Gasteiger partial charge in [0.25, 0.3) is 5.91 Å². The molecule has 98 valence electrons. The lowest BCUT2D eigenvalue weighted by atomic mass is 9.87. The van der Waals surface area contributed by atoms with Crippen LogP contribution in [0.3, 0.4) is 0 Å². The van der Waals surface area contributed by atoms with Gasteiger partial charge in [0.05, 0.1) is 11.3 Å². The van der Waals surface area contributed by atoms with Crippen molar-refractivity contribution in [2.24, 2.45) is 5.92 Å². The van der Waals surface area contributed by atoms with Gasteiger partial charge in [-0.1, -0.05) is 13.0 Å². The summed E-state index contributed by atoms with van der Waals surface area (Å²) in [6, 6.07) is 5.06. The van der Waals surface area contributed by atoms with Crippen molar-refractivity contribution in [1.82, 2.24) is 5.32 Å². The van der Waals surface area contributed by atoms with Gasteiger partial charge >= 0.3 is 0 Å². The highest BCUT2D eigenvalue weighted by Gasteiger charge is 2.21. The van der Waals surface area contributed by atoms with Gasteiger partial charge in [0.15, 0.2) is 5.75 Å². The summed E-state index contributed by atoms with van der Waals surface area (Å²) in [5.41, 5.74) is 6.07. The Balaban J connectivity index is 2.01. The van der Waals surface area contributed by atoms with Crippen molar-refractivity contribution in [3.05, 3.63) is 23.8 Å². The number of phenols is 1. The number of amides is 1. The molecule has 4 nitrogen and oxygen atoms in total. The van der Waals surface area contributed by atoms with E-state index in [1.165, 1.54) is 0 Å².